The molecular weight excluding hydrogens is 448 g/mol. The van der Waals surface area contributed by atoms with Crippen molar-refractivity contribution in [3.63, 3.8) is 0 Å². The Morgan fingerprint density at radius 1 is 0.903 bits per heavy atom. The van der Waals surface area contributed by atoms with Gasteiger partial charge in [0, 0.05) is 18.3 Å². The van der Waals surface area contributed by atoms with Crippen LogP contribution in [-0.4, -0.2) is 48.3 Å². The number of halogens is 4. The summed E-state index contributed by atoms with van der Waals surface area (Å²) in [5.41, 5.74) is 0. The minimum absolute atomic E-state index is 0.0133. The van der Waals surface area contributed by atoms with Crippen LogP contribution in [0, 0.1) is 17.8 Å². The van der Waals surface area contributed by atoms with Gasteiger partial charge in [-0.15, -0.1) is 0 Å². The molecule has 4 unspecified atom stereocenters. The van der Waals surface area contributed by atoms with Crippen LogP contribution in [0.4, 0.5) is 17.6 Å². The minimum Gasteiger partial charge on any atom is -0.458 e. The van der Waals surface area contributed by atoms with E-state index in [0.29, 0.717) is 12.8 Å². The lowest BCUT2D eigenvalue weighted by molar-refractivity contribution is -0.182. The van der Waals surface area contributed by atoms with Gasteiger partial charge in [0.25, 0.3) is 0 Å². The summed E-state index contributed by atoms with van der Waals surface area (Å²) >= 11 is 0. The Morgan fingerprint density at radius 2 is 1.45 bits per heavy atom. The molecule has 7 nitrogen and oxygen atoms in total. The van der Waals surface area contributed by atoms with Crippen LogP contribution in [0.2, 0.25) is 0 Å². The maximum atomic E-state index is 13.6. The second-order valence-corrected chi connectivity index (χ2v) is 10.2. The molecule has 0 heterocycles. The lowest BCUT2D eigenvalue weighted by Crippen LogP contribution is -2.47. The molecule has 178 valence electrons. The zero-order chi connectivity index (χ0) is 23.0. The van der Waals surface area contributed by atoms with Crippen molar-refractivity contribution in [1.82, 2.24) is 0 Å². The summed E-state index contributed by atoms with van der Waals surface area (Å²) in [6, 6.07) is 0. The van der Waals surface area contributed by atoms with E-state index in [9.17, 15) is 35.6 Å². The summed E-state index contributed by atoms with van der Waals surface area (Å²) in [6.45, 7) is 0. The van der Waals surface area contributed by atoms with Crippen molar-refractivity contribution in [3.8, 4) is 0 Å². The van der Waals surface area contributed by atoms with Crippen LogP contribution < -0.4 is 0 Å². The number of esters is 2. The Morgan fingerprint density at radius 3 is 2.00 bits per heavy atom. The molecule has 3 fully saturated rings. The highest BCUT2D eigenvalue weighted by molar-refractivity contribution is 7.87. The average Bonchev–Trinajstić information content (AvgIpc) is 3.29. The second-order valence-electron chi connectivity index (χ2n) is 8.72. The zero-order valence-corrected chi connectivity index (χ0v) is 17.6. The summed E-state index contributed by atoms with van der Waals surface area (Å²) in [4.78, 5) is 24.6. The van der Waals surface area contributed by atoms with E-state index in [2.05, 4.69) is 0 Å². The van der Waals surface area contributed by atoms with Gasteiger partial charge in [-0.25, -0.2) is 0 Å². The van der Waals surface area contributed by atoms with Crippen LogP contribution in [0.15, 0.2) is 0 Å². The van der Waals surface area contributed by atoms with Gasteiger partial charge in [-0.3, -0.25) is 14.1 Å². The van der Waals surface area contributed by atoms with E-state index >= 15 is 0 Å². The molecule has 0 saturated heterocycles. The number of ether oxygens (including phenoxy) is 2. The normalized spacial score (nSPS) is 29.7. The summed E-state index contributed by atoms with van der Waals surface area (Å²) in [6.07, 6.45) is 1.94. The van der Waals surface area contributed by atoms with Crippen molar-refractivity contribution in [3.05, 3.63) is 0 Å². The highest BCUT2D eigenvalue weighted by Crippen LogP contribution is 2.48. The molecule has 1 N–H and O–H groups in total. The highest BCUT2D eigenvalue weighted by atomic mass is 32.2. The first kappa shape index (κ1) is 24.2. The molecule has 3 saturated carbocycles. The first-order valence-corrected chi connectivity index (χ1v) is 11.9. The third-order valence-corrected chi connectivity index (χ3v) is 7.56. The molecular formula is C19H26F4O7S. The number of fused-ring (bicyclic) bond motifs is 2. The minimum atomic E-state index is -6.36. The van der Waals surface area contributed by atoms with E-state index in [1.807, 2.05) is 0 Å². The molecule has 0 radical (unpaired) electrons. The first-order chi connectivity index (χ1) is 14.3. The van der Waals surface area contributed by atoms with Gasteiger partial charge in [0.2, 0.25) is 0 Å². The molecule has 3 rings (SSSR count). The van der Waals surface area contributed by atoms with Gasteiger partial charge in [0.05, 0.1) is 12.3 Å². The summed E-state index contributed by atoms with van der Waals surface area (Å²) < 4.78 is 94.1. The fraction of sp³-hybridized carbons (Fsp3) is 0.895. The van der Waals surface area contributed by atoms with Crippen LogP contribution in [-0.2, 0) is 29.2 Å². The molecule has 0 aliphatic heterocycles. The molecule has 12 heteroatoms. The fourth-order valence-corrected chi connectivity index (χ4v) is 5.36. The Balaban J connectivity index is 1.58. The lowest BCUT2D eigenvalue weighted by atomic mass is 9.89. The highest BCUT2D eigenvalue weighted by Gasteiger charge is 2.65. The third kappa shape index (κ3) is 4.99. The third-order valence-electron chi connectivity index (χ3n) is 6.62. The fourth-order valence-electron chi connectivity index (χ4n) is 4.89. The van der Waals surface area contributed by atoms with Gasteiger partial charge >= 0.3 is 33.2 Å². The Bertz CT molecular complexity index is 795. The van der Waals surface area contributed by atoms with Crippen molar-refractivity contribution in [2.24, 2.45) is 17.8 Å². The molecule has 2 bridgehead atoms. The van der Waals surface area contributed by atoms with Crippen LogP contribution in [0.5, 0.6) is 0 Å². The van der Waals surface area contributed by atoms with E-state index in [0.717, 1.165) is 38.5 Å². The van der Waals surface area contributed by atoms with E-state index in [-0.39, 0.29) is 23.7 Å². The first-order valence-electron chi connectivity index (χ1n) is 10.5. The van der Waals surface area contributed by atoms with Crippen LogP contribution in [0.1, 0.15) is 64.2 Å². The number of rotatable bonds is 8. The maximum Gasteiger partial charge on any atom is 0.431 e. The molecule has 4 atom stereocenters. The molecule has 0 spiro atoms. The predicted molar refractivity (Wildman–Crippen MR) is 97.8 cm³/mol. The quantitative estimate of drug-likeness (QED) is 0.325. The van der Waals surface area contributed by atoms with Gasteiger partial charge in [-0.2, -0.15) is 26.0 Å². The van der Waals surface area contributed by atoms with Crippen LogP contribution in [0.3, 0.4) is 0 Å². The van der Waals surface area contributed by atoms with Crippen molar-refractivity contribution >= 4 is 22.1 Å². The van der Waals surface area contributed by atoms with E-state index in [1.54, 1.807) is 0 Å². The van der Waals surface area contributed by atoms with Gasteiger partial charge in [-0.1, -0.05) is 19.3 Å². The molecule has 31 heavy (non-hydrogen) atoms. The Hall–Kier alpha value is -1.43. The number of carbonyl (C=O) groups excluding carboxylic acids is 2. The van der Waals surface area contributed by atoms with E-state index in [1.165, 1.54) is 0 Å². The standard InChI is InChI=1S/C19H26F4O7S/c20-18(21,19(22,23)31(26,27)28)9-8-14(24)29-15-12-6-7-13(10-12)16(15)30-17(25)11-4-2-1-3-5-11/h11-13,15-16H,1-10H2,(H,26,27,28). The van der Waals surface area contributed by atoms with Crippen molar-refractivity contribution in [2.45, 2.75) is 87.6 Å². The van der Waals surface area contributed by atoms with Gasteiger partial charge in [0.15, 0.2) is 0 Å². The zero-order valence-electron chi connectivity index (χ0n) is 16.8. The largest absolute Gasteiger partial charge is 0.458 e. The molecule has 0 aromatic heterocycles. The van der Waals surface area contributed by atoms with Gasteiger partial charge in [0.1, 0.15) is 12.2 Å². The summed E-state index contributed by atoms with van der Waals surface area (Å²) in [5.74, 6) is -7.09. The van der Waals surface area contributed by atoms with Gasteiger partial charge < -0.3 is 9.47 Å². The van der Waals surface area contributed by atoms with Gasteiger partial charge in [-0.05, 0) is 32.1 Å². The number of hydrogen-bond acceptors (Lipinski definition) is 6. The predicted octanol–water partition coefficient (Wildman–Crippen LogP) is 3.72. The molecule has 3 aliphatic carbocycles. The van der Waals surface area contributed by atoms with E-state index in [4.69, 9.17) is 14.0 Å². The van der Waals surface area contributed by atoms with Crippen molar-refractivity contribution in [1.29, 1.82) is 0 Å². The van der Waals surface area contributed by atoms with Crippen LogP contribution >= 0.6 is 0 Å². The Kier molecular flexibility index (Phi) is 6.90. The maximum absolute atomic E-state index is 13.6. The van der Waals surface area contributed by atoms with Crippen molar-refractivity contribution < 1.29 is 49.6 Å². The van der Waals surface area contributed by atoms with Crippen molar-refractivity contribution in [2.75, 3.05) is 0 Å². The SMILES string of the molecule is O=C(CCC(F)(F)C(F)(F)S(=O)(=O)O)OC1C2CCC(C2)C1OC(=O)C1CCCCC1. The summed E-state index contributed by atoms with van der Waals surface area (Å²) in [5, 5.41) is -5.73. The molecule has 3 aliphatic rings. The smallest absolute Gasteiger partial charge is 0.431 e. The topological polar surface area (TPSA) is 107 Å². The molecule has 0 amide bonds. The van der Waals surface area contributed by atoms with E-state index < -0.39 is 52.3 Å². The second kappa shape index (κ2) is 8.84. The number of hydrogen-bond donors (Lipinski definition) is 1. The average molecular weight is 474 g/mol. The molecule has 0 aromatic carbocycles. The number of carbonyl (C=O) groups is 2. The Labute approximate surface area is 177 Å². The molecule has 0 aromatic rings. The lowest BCUT2D eigenvalue weighted by Gasteiger charge is -2.32. The summed E-state index contributed by atoms with van der Waals surface area (Å²) in [7, 11) is -6.36. The van der Waals surface area contributed by atoms with Crippen LogP contribution in [0.25, 0.3) is 0 Å². The monoisotopic (exact) mass is 474 g/mol. The number of alkyl halides is 4.